The summed E-state index contributed by atoms with van der Waals surface area (Å²) < 4.78 is 5.29. The lowest BCUT2D eigenvalue weighted by Gasteiger charge is -2.22. The van der Waals surface area contributed by atoms with Crippen molar-refractivity contribution >= 4 is 11.9 Å². The van der Waals surface area contributed by atoms with Crippen molar-refractivity contribution in [2.75, 3.05) is 19.8 Å². The number of carboxylic acid groups (broad SMARTS) is 1. The average molecular weight is 291 g/mol. The summed E-state index contributed by atoms with van der Waals surface area (Å²) >= 11 is 0. The minimum atomic E-state index is -0.812. The molecule has 5 nitrogen and oxygen atoms in total. The number of benzene rings is 1. The standard InChI is InChI=1S/C16H21NO4/c18-15(19)6-3-12-1-4-14(5-2-12)16(20)17-11-13-7-9-21-10-8-13/h1-2,4-5,13H,3,6-11H2,(H,17,20)(H,18,19). The van der Waals surface area contributed by atoms with Gasteiger partial charge in [-0.15, -0.1) is 0 Å². The maximum atomic E-state index is 12.0. The minimum absolute atomic E-state index is 0.0775. The number of ether oxygens (including phenoxy) is 1. The third-order valence-corrected chi connectivity index (χ3v) is 3.74. The monoisotopic (exact) mass is 291 g/mol. The van der Waals surface area contributed by atoms with Gasteiger partial charge in [0.1, 0.15) is 0 Å². The fourth-order valence-electron chi connectivity index (χ4n) is 2.36. The predicted octanol–water partition coefficient (Wildman–Crippen LogP) is 1.86. The van der Waals surface area contributed by atoms with Crippen molar-refractivity contribution in [3.63, 3.8) is 0 Å². The molecule has 1 amide bonds. The molecule has 0 bridgehead atoms. The van der Waals surface area contributed by atoms with Crippen LogP contribution in [-0.2, 0) is 16.0 Å². The van der Waals surface area contributed by atoms with E-state index in [2.05, 4.69) is 5.32 Å². The van der Waals surface area contributed by atoms with Gasteiger partial charge >= 0.3 is 5.97 Å². The van der Waals surface area contributed by atoms with Gasteiger partial charge in [0.25, 0.3) is 5.91 Å². The van der Waals surface area contributed by atoms with Gasteiger partial charge in [-0.05, 0) is 42.9 Å². The van der Waals surface area contributed by atoms with Gasteiger partial charge in [-0.25, -0.2) is 0 Å². The summed E-state index contributed by atoms with van der Waals surface area (Å²) in [7, 11) is 0. The smallest absolute Gasteiger partial charge is 0.303 e. The number of aliphatic carboxylic acids is 1. The Morgan fingerprint density at radius 2 is 1.86 bits per heavy atom. The largest absolute Gasteiger partial charge is 0.481 e. The van der Waals surface area contributed by atoms with Crippen LogP contribution < -0.4 is 5.32 Å². The van der Waals surface area contributed by atoms with Crippen LogP contribution in [0.1, 0.15) is 35.2 Å². The Labute approximate surface area is 124 Å². The quantitative estimate of drug-likeness (QED) is 0.839. The Kier molecular flexibility index (Phi) is 5.75. The number of carbonyl (C=O) groups is 2. The first-order chi connectivity index (χ1) is 10.1. The highest BCUT2D eigenvalue weighted by molar-refractivity contribution is 5.94. The molecule has 5 heteroatoms. The Morgan fingerprint density at radius 1 is 1.19 bits per heavy atom. The van der Waals surface area contributed by atoms with Crippen molar-refractivity contribution < 1.29 is 19.4 Å². The van der Waals surface area contributed by atoms with Gasteiger partial charge in [0.15, 0.2) is 0 Å². The number of hydrogen-bond donors (Lipinski definition) is 2. The lowest BCUT2D eigenvalue weighted by atomic mass is 10.0. The first-order valence-electron chi connectivity index (χ1n) is 7.32. The van der Waals surface area contributed by atoms with Gasteiger partial charge in [0, 0.05) is 31.7 Å². The number of carbonyl (C=O) groups excluding carboxylic acids is 1. The van der Waals surface area contributed by atoms with E-state index < -0.39 is 5.97 Å². The van der Waals surface area contributed by atoms with Crippen molar-refractivity contribution in [1.29, 1.82) is 0 Å². The van der Waals surface area contributed by atoms with Crippen LogP contribution in [0.25, 0.3) is 0 Å². The Morgan fingerprint density at radius 3 is 2.48 bits per heavy atom. The molecule has 0 aliphatic carbocycles. The highest BCUT2D eigenvalue weighted by atomic mass is 16.5. The van der Waals surface area contributed by atoms with Crippen molar-refractivity contribution in [3.05, 3.63) is 35.4 Å². The van der Waals surface area contributed by atoms with Crippen molar-refractivity contribution in [3.8, 4) is 0 Å². The topological polar surface area (TPSA) is 75.6 Å². The number of amides is 1. The molecular weight excluding hydrogens is 270 g/mol. The highest BCUT2D eigenvalue weighted by Crippen LogP contribution is 2.13. The van der Waals surface area contributed by atoms with Crippen LogP contribution in [0.4, 0.5) is 0 Å². The van der Waals surface area contributed by atoms with Crippen molar-refractivity contribution in [2.24, 2.45) is 5.92 Å². The Bertz CT molecular complexity index is 478. The normalized spacial score (nSPS) is 15.6. The zero-order chi connectivity index (χ0) is 15.1. The maximum absolute atomic E-state index is 12.0. The lowest BCUT2D eigenvalue weighted by molar-refractivity contribution is -0.136. The maximum Gasteiger partial charge on any atom is 0.303 e. The van der Waals surface area contributed by atoms with E-state index in [0.717, 1.165) is 31.6 Å². The summed E-state index contributed by atoms with van der Waals surface area (Å²) in [5, 5.41) is 11.6. The third kappa shape index (κ3) is 5.19. The molecule has 0 spiro atoms. The molecule has 0 unspecified atom stereocenters. The Balaban J connectivity index is 1.80. The van der Waals surface area contributed by atoms with E-state index in [1.165, 1.54) is 0 Å². The molecule has 0 radical (unpaired) electrons. The fraction of sp³-hybridized carbons (Fsp3) is 0.500. The van der Waals surface area contributed by atoms with E-state index in [4.69, 9.17) is 9.84 Å². The molecule has 2 N–H and O–H groups in total. The van der Waals surface area contributed by atoms with E-state index >= 15 is 0 Å². The molecule has 2 rings (SSSR count). The number of carboxylic acids is 1. The van der Waals surface area contributed by atoms with Crippen LogP contribution in [0.15, 0.2) is 24.3 Å². The number of aryl methyl sites for hydroxylation is 1. The molecule has 21 heavy (non-hydrogen) atoms. The first-order valence-corrected chi connectivity index (χ1v) is 7.32. The summed E-state index contributed by atoms with van der Waals surface area (Å²) in [5.74, 6) is -0.392. The summed E-state index contributed by atoms with van der Waals surface area (Å²) in [6.07, 6.45) is 2.58. The molecule has 114 valence electrons. The van der Waals surface area contributed by atoms with Crippen LogP contribution in [0.3, 0.4) is 0 Å². The van der Waals surface area contributed by atoms with Crippen LogP contribution >= 0.6 is 0 Å². The second-order valence-corrected chi connectivity index (χ2v) is 5.36. The van der Waals surface area contributed by atoms with Gasteiger partial charge in [-0.3, -0.25) is 9.59 Å². The lowest BCUT2D eigenvalue weighted by Crippen LogP contribution is -2.32. The van der Waals surface area contributed by atoms with Crippen LogP contribution in [-0.4, -0.2) is 36.7 Å². The molecule has 0 aromatic heterocycles. The molecule has 0 atom stereocenters. The number of rotatable bonds is 6. The molecule has 1 fully saturated rings. The van der Waals surface area contributed by atoms with Gasteiger partial charge < -0.3 is 15.2 Å². The molecule has 1 aliphatic rings. The van der Waals surface area contributed by atoms with Gasteiger partial charge in [0.2, 0.25) is 0 Å². The molecular formula is C16H21NO4. The Hall–Kier alpha value is -1.88. The summed E-state index contributed by atoms with van der Waals surface area (Å²) in [4.78, 5) is 22.5. The number of nitrogens with one attached hydrogen (secondary N) is 1. The average Bonchev–Trinajstić information content (AvgIpc) is 2.52. The second-order valence-electron chi connectivity index (χ2n) is 5.36. The predicted molar refractivity (Wildman–Crippen MR) is 78.3 cm³/mol. The highest BCUT2D eigenvalue weighted by Gasteiger charge is 2.15. The van der Waals surface area contributed by atoms with Gasteiger partial charge in [-0.1, -0.05) is 12.1 Å². The molecule has 1 aromatic carbocycles. The van der Waals surface area contributed by atoms with Crippen molar-refractivity contribution in [1.82, 2.24) is 5.32 Å². The molecule has 1 aliphatic heterocycles. The van der Waals surface area contributed by atoms with E-state index in [0.29, 0.717) is 24.4 Å². The van der Waals surface area contributed by atoms with Crippen molar-refractivity contribution in [2.45, 2.75) is 25.7 Å². The van der Waals surface area contributed by atoms with E-state index in [9.17, 15) is 9.59 Å². The SMILES string of the molecule is O=C(O)CCc1ccc(C(=O)NCC2CCOCC2)cc1. The van der Waals surface area contributed by atoms with Gasteiger partial charge in [-0.2, -0.15) is 0 Å². The number of hydrogen-bond acceptors (Lipinski definition) is 3. The van der Waals surface area contributed by atoms with E-state index in [1.54, 1.807) is 12.1 Å². The third-order valence-electron chi connectivity index (χ3n) is 3.74. The van der Waals surface area contributed by atoms with Crippen LogP contribution in [0, 0.1) is 5.92 Å². The summed E-state index contributed by atoms with van der Waals surface area (Å²) in [6, 6.07) is 7.12. The minimum Gasteiger partial charge on any atom is -0.481 e. The fourth-order valence-corrected chi connectivity index (χ4v) is 2.36. The summed E-state index contributed by atoms with van der Waals surface area (Å²) in [6.45, 7) is 2.24. The van der Waals surface area contributed by atoms with Crippen LogP contribution in [0.2, 0.25) is 0 Å². The summed E-state index contributed by atoms with van der Waals surface area (Å²) in [5.41, 5.74) is 1.54. The molecule has 1 heterocycles. The molecule has 0 saturated carbocycles. The molecule has 1 saturated heterocycles. The zero-order valence-electron chi connectivity index (χ0n) is 12.0. The van der Waals surface area contributed by atoms with Gasteiger partial charge in [0.05, 0.1) is 0 Å². The first kappa shape index (κ1) is 15.5. The zero-order valence-corrected chi connectivity index (χ0v) is 12.0. The van der Waals surface area contributed by atoms with E-state index in [1.807, 2.05) is 12.1 Å². The van der Waals surface area contributed by atoms with E-state index in [-0.39, 0.29) is 12.3 Å². The molecule has 1 aromatic rings. The van der Waals surface area contributed by atoms with Crippen LogP contribution in [0.5, 0.6) is 0 Å². The second kappa shape index (κ2) is 7.78.